The predicted molar refractivity (Wildman–Crippen MR) is 66.4 cm³/mol. The molecule has 2 rings (SSSR count). The summed E-state index contributed by atoms with van der Waals surface area (Å²) in [7, 11) is 1.98. The highest BCUT2D eigenvalue weighted by Crippen LogP contribution is 2.27. The molecule has 0 saturated heterocycles. The summed E-state index contributed by atoms with van der Waals surface area (Å²) in [6.45, 7) is 5.08. The summed E-state index contributed by atoms with van der Waals surface area (Å²) in [6, 6.07) is 6.83. The number of nitrogens with one attached hydrogen (secondary N) is 1. The summed E-state index contributed by atoms with van der Waals surface area (Å²) in [4.78, 5) is 0. The number of hydrogen-bond donors (Lipinski definition) is 1. The SMILES string of the molecule is CNC(C1=CCCO1)c1cc(C)cc(C)c1. The molecule has 0 saturated carbocycles. The normalized spacial score (nSPS) is 16.8. The molecule has 1 N–H and O–H groups in total. The first-order chi connectivity index (χ1) is 7.70. The average Bonchev–Trinajstić information content (AvgIpc) is 2.70. The molecule has 0 aliphatic carbocycles. The number of likely N-dealkylation sites (N-methyl/N-ethyl adjacent to an activating group) is 1. The highest BCUT2D eigenvalue weighted by molar-refractivity contribution is 5.34. The summed E-state index contributed by atoms with van der Waals surface area (Å²) < 4.78 is 5.64. The number of ether oxygens (including phenoxy) is 1. The van der Waals surface area contributed by atoms with Gasteiger partial charge in [-0.25, -0.2) is 0 Å². The molecule has 0 bridgehead atoms. The Labute approximate surface area is 97.3 Å². The minimum atomic E-state index is 0.195. The van der Waals surface area contributed by atoms with Crippen LogP contribution >= 0.6 is 0 Å². The third-order valence-electron chi connectivity index (χ3n) is 2.88. The fraction of sp³-hybridized carbons (Fsp3) is 0.429. The molecule has 16 heavy (non-hydrogen) atoms. The van der Waals surface area contributed by atoms with Gasteiger partial charge >= 0.3 is 0 Å². The van der Waals surface area contributed by atoms with E-state index in [1.54, 1.807) is 0 Å². The van der Waals surface area contributed by atoms with Crippen LogP contribution in [-0.2, 0) is 4.74 Å². The number of benzene rings is 1. The molecule has 86 valence electrons. The number of aryl methyl sites for hydroxylation is 2. The molecule has 0 spiro atoms. The van der Waals surface area contributed by atoms with Crippen LogP contribution in [0.1, 0.15) is 29.2 Å². The Morgan fingerprint density at radius 3 is 2.38 bits per heavy atom. The van der Waals surface area contributed by atoms with Gasteiger partial charge in [0.1, 0.15) is 5.76 Å². The van der Waals surface area contributed by atoms with Crippen molar-refractivity contribution in [3.05, 3.63) is 46.7 Å². The molecule has 1 unspecified atom stereocenters. The fourth-order valence-corrected chi connectivity index (χ4v) is 2.29. The summed E-state index contributed by atoms with van der Waals surface area (Å²) in [5.74, 6) is 1.06. The second-order valence-corrected chi connectivity index (χ2v) is 4.39. The van der Waals surface area contributed by atoms with Crippen LogP contribution in [0.2, 0.25) is 0 Å². The van der Waals surface area contributed by atoms with E-state index >= 15 is 0 Å². The smallest absolute Gasteiger partial charge is 0.114 e. The van der Waals surface area contributed by atoms with Gasteiger partial charge in [-0.15, -0.1) is 0 Å². The second-order valence-electron chi connectivity index (χ2n) is 4.39. The predicted octanol–water partition coefficient (Wildman–Crippen LogP) is 2.87. The van der Waals surface area contributed by atoms with E-state index in [0.29, 0.717) is 0 Å². The van der Waals surface area contributed by atoms with Gasteiger partial charge in [0.25, 0.3) is 0 Å². The van der Waals surface area contributed by atoms with E-state index in [-0.39, 0.29) is 6.04 Å². The van der Waals surface area contributed by atoms with Crippen LogP contribution in [0.3, 0.4) is 0 Å². The molecule has 1 aromatic carbocycles. The van der Waals surface area contributed by atoms with Crippen LogP contribution < -0.4 is 5.32 Å². The summed E-state index contributed by atoms with van der Waals surface area (Å²) >= 11 is 0. The lowest BCUT2D eigenvalue weighted by Crippen LogP contribution is -2.19. The van der Waals surface area contributed by atoms with E-state index in [1.165, 1.54) is 16.7 Å². The molecule has 1 heterocycles. The van der Waals surface area contributed by atoms with Crippen LogP contribution in [0.25, 0.3) is 0 Å². The molecular formula is C14H19NO. The van der Waals surface area contributed by atoms with Gasteiger partial charge in [-0.1, -0.05) is 29.3 Å². The van der Waals surface area contributed by atoms with Gasteiger partial charge in [0.05, 0.1) is 12.6 Å². The Morgan fingerprint density at radius 2 is 1.88 bits per heavy atom. The van der Waals surface area contributed by atoms with Crippen LogP contribution in [0.5, 0.6) is 0 Å². The van der Waals surface area contributed by atoms with Crippen molar-refractivity contribution in [3.8, 4) is 0 Å². The minimum absolute atomic E-state index is 0.195. The van der Waals surface area contributed by atoms with E-state index in [9.17, 15) is 0 Å². The fourth-order valence-electron chi connectivity index (χ4n) is 2.29. The molecule has 2 heteroatoms. The molecule has 0 aromatic heterocycles. The minimum Gasteiger partial charge on any atom is -0.496 e. The van der Waals surface area contributed by atoms with Gasteiger partial charge in [-0.05, 0) is 32.5 Å². The molecule has 1 aliphatic heterocycles. The molecule has 0 fully saturated rings. The van der Waals surface area contributed by atoms with Crippen LogP contribution in [0.4, 0.5) is 0 Å². The van der Waals surface area contributed by atoms with Crippen molar-refractivity contribution in [1.82, 2.24) is 5.32 Å². The first-order valence-corrected chi connectivity index (χ1v) is 5.79. The molecule has 1 aliphatic rings. The van der Waals surface area contributed by atoms with E-state index in [1.807, 2.05) is 7.05 Å². The molecule has 0 radical (unpaired) electrons. The maximum Gasteiger partial charge on any atom is 0.114 e. The van der Waals surface area contributed by atoms with Gasteiger partial charge in [0.15, 0.2) is 0 Å². The number of hydrogen-bond acceptors (Lipinski definition) is 2. The second kappa shape index (κ2) is 4.71. The lowest BCUT2D eigenvalue weighted by Gasteiger charge is -2.19. The Bertz CT molecular complexity index is 389. The largest absolute Gasteiger partial charge is 0.496 e. The zero-order chi connectivity index (χ0) is 11.5. The van der Waals surface area contributed by atoms with Crippen molar-refractivity contribution in [3.63, 3.8) is 0 Å². The molecule has 2 nitrogen and oxygen atoms in total. The van der Waals surface area contributed by atoms with Crippen LogP contribution in [-0.4, -0.2) is 13.7 Å². The molecule has 1 atom stereocenters. The van der Waals surface area contributed by atoms with Gasteiger partial charge < -0.3 is 10.1 Å². The van der Waals surface area contributed by atoms with E-state index in [4.69, 9.17) is 4.74 Å². The molecule has 0 amide bonds. The summed E-state index contributed by atoms with van der Waals surface area (Å²) in [5.41, 5.74) is 3.89. The maximum absolute atomic E-state index is 5.64. The Balaban J connectivity index is 2.32. The highest BCUT2D eigenvalue weighted by Gasteiger charge is 2.19. The third kappa shape index (κ3) is 2.27. The van der Waals surface area contributed by atoms with Crippen molar-refractivity contribution in [1.29, 1.82) is 0 Å². The van der Waals surface area contributed by atoms with E-state index in [2.05, 4.69) is 43.4 Å². The first-order valence-electron chi connectivity index (χ1n) is 5.79. The van der Waals surface area contributed by atoms with Crippen molar-refractivity contribution in [2.45, 2.75) is 26.3 Å². The Morgan fingerprint density at radius 1 is 1.19 bits per heavy atom. The number of rotatable bonds is 3. The molecule has 1 aromatic rings. The topological polar surface area (TPSA) is 21.3 Å². The maximum atomic E-state index is 5.64. The van der Waals surface area contributed by atoms with Gasteiger partial charge in [0.2, 0.25) is 0 Å². The Hall–Kier alpha value is -1.28. The highest BCUT2D eigenvalue weighted by atomic mass is 16.5. The standard InChI is InChI=1S/C14H19NO/c1-10-7-11(2)9-12(8-10)14(15-3)13-5-4-6-16-13/h5,7-9,14-15H,4,6H2,1-3H3. The van der Waals surface area contributed by atoms with Crippen LogP contribution in [0, 0.1) is 13.8 Å². The Kier molecular flexibility index (Phi) is 3.30. The van der Waals surface area contributed by atoms with E-state index in [0.717, 1.165) is 18.8 Å². The zero-order valence-corrected chi connectivity index (χ0v) is 10.2. The zero-order valence-electron chi connectivity index (χ0n) is 10.2. The van der Waals surface area contributed by atoms with Gasteiger partial charge in [-0.2, -0.15) is 0 Å². The average molecular weight is 217 g/mol. The lowest BCUT2D eigenvalue weighted by atomic mass is 10.00. The quantitative estimate of drug-likeness (QED) is 0.840. The van der Waals surface area contributed by atoms with Crippen LogP contribution in [0.15, 0.2) is 30.0 Å². The third-order valence-corrected chi connectivity index (χ3v) is 2.88. The summed E-state index contributed by atoms with van der Waals surface area (Å²) in [5, 5.41) is 3.32. The first kappa shape index (κ1) is 11.2. The lowest BCUT2D eigenvalue weighted by molar-refractivity contribution is 0.218. The van der Waals surface area contributed by atoms with Crippen molar-refractivity contribution in [2.24, 2.45) is 0 Å². The molecular weight excluding hydrogens is 198 g/mol. The van der Waals surface area contributed by atoms with Gasteiger partial charge in [-0.3, -0.25) is 0 Å². The van der Waals surface area contributed by atoms with Gasteiger partial charge in [0, 0.05) is 6.42 Å². The van der Waals surface area contributed by atoms with Crippen molar-refractivity contribution >= 4 is 0 Å². The monoisotopic (exact) mass is 217 g/mol. The van der Waals surface area contributed by atoms with Crippen molar-refractivity contribution in [2.75, 3.05) is 13.7 Å². The van der Waals surface area contributed by atoms with E-state index < -0.39 is 0 Å². The summed E-state index contributed by atoms with van der Waals surface area (Å²) in [6.07, 6.45) is 3.21. The van der Waals surface area contributed by atoms with Crippen molar-refractivity contribution < 1.29 is 4.74 Å².